The molecule has 0 radical (unpaired) electrons. The summed E-state index contributed by atoms with van der Waals surface area (Å²) in [5.74, 6) is 1.10. The van der Waals surface area contributed by atoms with E-state index < -0.39 is 0 Å². The number of rotatable bonds is 5. The molecule has 1 aliphatic heterocycles. The Bertz CT molecular complexity index is 406. The molecule has 1 aliphatic rings. The van der Waals surface area contributed by atoms with E-state index in [1.807, 2.05) is 12.3 Å². The maximum atomic E-state index is 5.59. The number of anilines is 1. The molecule has 0 unspecified atom stereocenters. The molecule has 0 saturated carbocycles. The van der Waals surface area contributed by atoms with Gasteiger partial charge in [-0.25, -0.2) is 4.98 Å². The highest BCUT2D eigenvalue weighted by molar-refractivity contribution is 5.49. The number of hydrogen-bond acceptors (Lipinski definition) is 4. The fraction of sp³-hybridized carbons (Fsp3) is 0.667. The molecule has 1 fully saturated rings. The smallest absolute Gasteiger partial charge is 0.133 e. The van der Waals surface area contributed by atoms with Crippen molar-refractivity contribution in [3.8, 4) is 0 Å². The monoisotopic (exact) mass is 263 g/mol. The van der Waals surface area contributed by atoms with Crippen molar-refractivity contribution in [1.29, 1.82) is 0 Å². The quantitative estimate of drug-likeness (QED) is 0.826. The van der Waals surface area contributed by atoms with Crippen LogP contribution in [0.5, 0.6) is 0 Å². The zero-order chi connectivity index (χ0) is 13.7. The van der Waals surface area contributed by atoms with Gasteiger partial charge in [-0.05, 0) is 32.9 Å². The van der Waals surface area contributed by atoms with Crippen LogP contribution >= 0.6 is 0 Å². The van der Waals surface area contributed by atoms with Gasteiger partial charge in [0.15, 0.2) is 0 Å². The fourth-order valence-electron chi connectivity index (χ4n) is 2.46. The number of aromatic nitrogens is 1. The average Bonchev–Trinajstić information content (AvgIpc) is 2.39. The Morgan fingerprint density at radius 3 is 3.05 bits per heavy atom. The first-order valence-corrected chi connectivity index (χ1v) is 7.15. The number of hydrogen-bond donors (Lipinski definition) is 1. The molecule has 0 bridgehead atoms. The minimum absolute atomic E-state index is 0.00606. The van der Waals surface area contributed by atoms with Crippen LogP contribution < -0.4 is 10.2 Å². The SMILES string of the molecule is CCCNCc1cccnc1N1CCOCC1(C)C. The van der Waals surface area contributed by atoms with E-state index in [2.05, 4.69) is 42.0 Å². The Morgan fingerprint density at radius 1 is 1.47 bits per heavy atom. The van der Waals surface area contributed by atoms with Gasteiger partial charge in [0.1, 0.15) is 5.82 Å². The number of ether oxygens (including phenoxy) is 1. The summed E-state index contributed by atoms with van der Waals surface area (Å²) in [5.41, 5.74) is 1.28. The standard InChI is InChI=1S/C15H25N3O/c1-4-7-16-11-13-6-5-8-17-14(13)18-9-10-19-12-15(18,2)3/h5-6,8,16H,4,7,9-12H2,1-3H3. The lowest BCUT2D eigenvalue weighted by atomic mass is 10.0. The predicted octanol–water partition coefficient (Wildman–Crippen LogP) is 2.20. The maximum Gasteiger partial charge on any atom is 0.133 e. The third-order valence-electron chi connectivity index (χ3n) is 3.51. The van der Waals surface area contributed by atoms with Crippen molar-refractivity contribution in [2.75, 3.05) is 31.2 Å². The van der Waals surface area contributed by atoms with Crippen LogP contribution in [0.1, 0.15) is 32.8 Å². The minimum atomic E-state index is 0.00606. The van der Waals surface area contributed by atoms with Crippen LogP contribution in [0.4, 0.5) is 5.82 Å². The van der Waals surface area contributed by atoms with Gasteiger partial charge >= 0.3 is 0 Å². The number of morpholine rings is 1. The highest BCUT2D eigenvalue weighted by atomic mass is 16.5. The third kappa shape index (κ3) is 3.45. The Labute approximate surface area is 116 Å². The molecule has 0 aliphatic carbocycles. The molecule has 1 N–H and O–H groups in total. The number of nitrogens with zero attached hydrogens (tertiary/aromatic N) is 2. The number of nitrogens with one attached hydrogen (secondary N) is 1. The average molecular weight is 263 g/mol. The maximum absolute atomic E-state index is 5.59. The molecule has 19 heavy (non-hydrogen) atoms. The van der Waals surface area contributed by atoms with E-state index in [9.17, 15) is 0 Å². The van der Waals surface area contributed by atoms with Crippen LogP contribution in [0.3, 0.4) is 0 Å². The molecule has 0 atom stereocenters. The summed E-state index contributed by atoms with van der Waals surface area (Å²) in [5, 5.41) is 3.46. The van der Waals surface area contributed by atoms with Crippen molar-refractivity contribution in [2.45, 2.75) is 39.3 Å². The summed E-state index contributed by atoms with van der Waals surface area (Å²) in [6, 6.07) is 4.18. The van der Waals surface area contributed by atoms with Crippen molar-refractivity contribution in [2.24, 2.45) is 0 Å². The highest BCUT2D eigenvalue weighted by Gasteiger charge is 2.32. The van der Waals surface area contributed by atoms with Crippen LogP contribution in [-0.2, 0) is 11.3 Å². The van der Waals surface area contributed by atoms with Crippen LogP contribution in [0.15, 0.2) is 18.3 Å². The van der Waals surface area contributed by atoms with Crippen LogP contribution in [0.2, 0.25) is 0 Å². The summed E-state index contributed by atoms with van der Waals surface area (Å²) in [6.45, 7) is 11.0. The summed E-state index contributed by atoms with van der Waals surface area (Å²) >= 11 is 0. The summed E-state index contributed by atoms with van der Waals surface area (Å²) < 4.78 is 5.59. The van der Waals surface area contributed by atoms with Gasteiger partial charge in [0.05, 0.1) is 18.8 Å². The first kappa shape index (κ1) is 14.3. The highest BCUT2D eigenvalue weighted by Crippen LogP contribution is 2.27. The zero-order valence-electron chi connectivity index (χ0n) is 12.3. The minimum Gasteiger partial charge on any atom is -0.377 e. The normalized spacial score (nSPS) is 18.6. The Balaban J connectivity index is 2.18. The molecule has 4 nitrogen and oxygen atoms in total. The van der Waals surface area contributed by atoms with Crippen LogP contribution in [0.25, 0.3) is 0 Å². The van der Waals surface area contributed by atoms with Gasteiger partial charge < -0.3 is 15.0 Å². The second-order valence-corrected chi connectivity index (χ2v) is 5.68. The molecule has 2 heterocycles. The largest absolute Gasteiger partial charge is 0.377 e. The van der Waals surface area contributed by atoms with Gasteiger partial charge in [0, 0.05) is 24.8 Å². The lowest BCUT2D eigenvalue weighted by Gasteiger charge is -2.43. The van der Waals surface area contributed by atoms with Gasteiger partial charge in [0.25, 0.3) is 0 Å². The van der Waals surface area contributed by atoms with Crippen LogP contribution in [-0.4, -0.2) is 36.8 Å². The lowest BCUT2D eigenvalue weighted by Crippen LogP contribution is -2.54. The third-order valence-corrected chi connectivity index (χ3v) is 3.51. The van der Waals surface area contributed by atoms with Crippen molar-refractivity contribution in [3.05, 3.63) is 23.9 Å². The predicted molar refractivity (Wildman–Crippen MR) is 78.5 cm³/mol. The Morgan fingerprint density at radius 2 is 2.32 bits per heavy atom. The Hall–Kier alpha value is -1.13. The molecule has 0 spiro atoms. The van der Waals surface area contributed by atoms with Crippen molar-refractivity contribution >= 4 is 5.82 Å². The lowest BCUT2D eigenvalue weighted by molar-refractivity contribution is 0.0638. The topological polar surface area (TPSA) is 37.4 Å². The van der Waals surface area contributed by atoms with Crippen molar-refractivity contribution in [3.63, 3.8) is 0 Å². The van der Waals surface area contributed by atoms with E-state index in [1.165, 1.54) is 5.56 Å². The van der Waals surface area contributed by atoms with E-state index >= 15 is 0 Å². The van der Waals surface area contributed by atoms with Crippen molar-refractivity contribution in [1.82, 2.24) is 10.3 Å². The summed E-state index contributed by atoms with van der Waals surface area (Å²) in [6.07, 6.45) is 3.03. The van der Waals surface area contributed by atoms with Gasteiger partial charge in [-0.15, -0.1) is 0 Å². The van der Waals surface area contributed by atoms with Gasteiger partial charge in [-0.2, -0.15) is 0 Å². The molecular weight excluding hydrogens is 238 g/mol. The van der Waals surface area contributed by atoms with E-state index in [0.717, 1.165) is 45.1 Å². The molecule has 1 aromatic rings. The molecule has 1 aromatic heterocycles. The van der Waals surface area contributed by atoms with Gasteiger partial charge in [-0.3, -0.25) is 0 Å². The molecule has 106 valence electrons. The first-order valence-electron chi connectivity index (χ1n) is 7.15. The summed E-state index contributed by atoms with van der Waals surface area (Å²) in [4.78, 5) is 6.98. The summed E-state index contributed by atoms with van der Waals surface area (Å²) in [7, 11) is 0. The first-order chi connectivity index (χ1) is 9.15. The van der Waals surface area contributed by atoms with Crippen molar-refractivity contribution < 1.29 is 4.74 Å². The molecule has 1 saturated heterocycles. The molecular formula is C15H25N3O. The van der Waals surface area contributed by atoms with Gasteiger partial charge in [0.2, 0.25) is 0 Å². The van der Waals surface area contributed by atoms with Gasteiger partial charge in [-0.1, -0.05) is 13.0 Å². The van der Waals surface area contributed by atoms with E-state index in [1.54, 1.807) is 0 Å². The fourth-order valence-corrected chi connectivity index (χ4v) is 2.46. The number of pyridine rings is 1. The molecule has 4 heteroatoms. The Kier molecular flexibility index (Phi) is 4.77. The van der Waals surface area contributed by atoms with E-state index in [0.29, 0.717) is 0 Å². The van der Waals surface area contributed by atoms with E-state index in [-0.39, 0.29) is 5.54 Å². The molecule has 2 rings (SSSR count). The second-order valence-electron chi connectivity index (χ2n) is 5.68. The second kappa shape index (κ2) is 6.35. The van der Waals surface area contributed by atoms with E-state index in [4.69, 9.17) is 4.74 Å². The molecule has 0 aromatic carbocycles. The van der Waals surface area contributed by atoms with Crippen LogP contribution in [0, 0.1) is 0 Å². The molecule has 0 amide bonds. The zero-order valence-corrected chi connectivity index (χ0v) is 12.3.